The number of carbonyl (C=O) groups is 1. The monoisotopic (exact) mass is 658 g/mol. The van der Waals surface area contributed by atoms with Crippen molar-refractivity contribution in [1.82, 2.24) is 29.0 Å². The molecule has 1 saturated heterocycles. The van der Waals surface area contributed by atoms with E-state index < -0.39 is 33.3 Å². The number of nitrogens with one attached hydrogen (secondary N) is 2. The fourth-order valence-electron chi connectivity index (χ4n) is 5.65. The van der Waals surface area contributed by atoms with Crippen molar-refractivity contribution < 1.29 is 31.5 Å². The van der Waals surface area contributed by atoms with Crippen LogP contribution in [0.1, 0.15) is 50.5 Å². The fourth-order valence-corrected chi connectivity index (χ4v) is 7.13. The Morgan fingerprint density at radius 1 is 1.07 bits per heavy atom. The molecule has 1 atom stereocenters. The summed E-state index contributed by atoms with van der Waals surface area (Å²) in [6.45, 7) is 0.0594. The molecule has 6 rings (SSSR count). The van der Waals surface area contributed by atoms with E-state index >= 15 is 0 Å². The van der Waals surface area contributed by atoms with E-state index in [-0.39, 0.29) is 37.5 Å². The SMILES string of the molecule is O=C(N1CCC(C#Cc2cnc(Nc3ccnc(-c4cnn(S(=O)(=O)C5CC5)c4)n3)cc2NC2CCC(CO)CC2)C1)C(F)(F)F. The molecule has 2 aliphatic carbocycles. The first-order valence-corrected chi connectivity index (χ1v) is 16.6. The van der Waals surface area contributed by atoms with Crippen molar-refractivity contribution in [3.63, 3.8) is 0 Å². The van der Waals surface area contributed by atoms with Crippen molar-refractivity contribution in [2.24, 2.45) is 11.8 Å². The van der Waals surface area contributed by atoms with Gasteiger partial charge in [-0.05, 0) is 56.9 Å². The first-order valence-electron chi connectivity index (χ1n) is 15.1. The quantitative estimate of drug-likeness (QED) is 0.306. The van der Waals surface area contributed by atoms with Crippen LogP contribution in [0.4, 0.5) is 30.5 Å². The lowest BCUT2D eigenvalue weighted by Gasteiger charge is -2.29. The second kappa shape index (κ2) is 12.9. The molecule has 3 fully saturated rings. The molecule has 4 heterocycles. The molecule has 1 aliphatic heterocycles. The summed E-state index contributed by atoms with van der Waals surface area (Å²) in [4.78, 5) is 25.7. The van der Waals surface area contributed by atoms with Crippen LogP contribution in [0.2, 0.25) is 0 Å². The number of anilines is 3. The van der Waals surface area contributed by atoms with Crippen LogP contribution in [0.15, 0.2) is 36.9 Å². The number of carbonyl (C=O) groups excluding carboxylic acids is 1. The number of nitrogens with zero attached hydrogens (tertiary/aromatic N) is 6. The first kappa shape index (κ1) is 31.7. The van der Waals surface area contributed by atoms with E-state index in [2.05, 4.69) is 42.5 Å². The molecule has 244 valence electrons. The number of aliphatic hydroxyl groups is 1. The summed E-state index contributed by atoms with van der Waals surface area (Å²) in [5.74, 6) is 5.24. The van der Waals surface area contributed by atoms with Gasteiger partial charge in [-0.3, -0.25) is 4.79 Å². The van der Waals surface area contributed by atoms with Crippen molar-refractivity contribution in [1.29, 1.82) is 0 Å². The topological polar surface area (TPSA) is 155 Å². The highest BCUT2D eigenvalue weighted by molar-refractivity contribution is 7.90. The van der Waals surface area contributed by atoms with E-state index in [1.54, 1.807) is 18.3 Å². The molecule has 1 amide bonds. The first-order chi connectivity index (χ1) is 22.0. The highest BCUT2D eigenvalue weighted by Crippen LogP contribution is 2.31. The zero-order valence-corrected chi connectivity index (χ0v) is 25.6. The summed E-state index contributed by atoms with van der Waals surface area (Å²) in [5, 5.41) is 19.8. The molecule has 3 aromatic rings. The van der Waals surface area contributed by atoms with Crippen molar-refractivity contribution in [2.75, 3.05) is 30.3 Å². The number of alkyl halides is 3. The lowest BCUT2D eigenvalue weighted by Crippen LogP contribution is -2.39. The molecule has 3 N–H and O–H groups in total. The summed E-state index contributed by atoms with van der Waals surface area (Å²) >= 11 is 0. The highest BCUT2D eigenvalue weighted by atomic mass is 32.2. The second-order valence-electron chi connectivity index (χ2n) is 11.9. The molecule has 2 saturated carbocycles. The summed E-state index contributed by atoms with van der Waals surface area (Å²) in [5.41, 5.74) is 1.68. The van der Waals surface area contributed by atoms with Crippen LogP contribution >= 0.6 is 0 Å². The maximum Gasteiger partial charge on any atom is 0.471 e. The number of hydrogen-bond acceptors (Lipinski definition) is 10. The molecule has 12 nitrogen and oxygen atoms in total. The van der Waals surface area contributed by atoms with Gasteiger partial charge in [0.25, 0.3) is 10.0 Å². The van der Waals surface area contributed by atoms with Crippen LogP contribution in [0, 0.1) is 23.7 Å². The molecule has 0 radical (unpaired) electrons. The van der Waals surface area contributed by atoms with Gasteiger partial charge in [0.05, 0.1) is 34.5 Å². The van der Waals surface area contributed by atoms with Gasteiger partial charge in [-0.2, -0.15) is 22.4 Å². The predicted octanol–water partition coefficient (Wildman–Crippen LogP) is 3.54. The Labute approximate surface area is 263 Å². The minimum Gasteiger partial charge on any atom is -0.396 e. The smallest absolute Gasteiger partial charge is 0.396 e. The van der Waals surface area contributed by atoms with Gasteiger partial charge in [0, 0.05) is 50.1 Å². The maximum absolute atomic E-state index is 12.9. The standard InChI is InChI=1S/C30H33F3N8O4S/c31-30(32,33)29(43)40-12-10-19(16-40)1-4-21-14-35-27(13-25(21)37-23-5-2-20(18-42)3-6-23)38-26-9-11-34-28(39-26)22-15-36-41(17-22)46(44,45)24-7-8-24/h9,11,13-15,17,19-20,23-24,42H,2-3,5-8,10,12,16,18H2,(H2,34,35,37,38,39). The lowest BCUT2D eigenvalue weighted by molar-refractivity contribution is -0.184. The van der Waals surface area contributed by atoms with Gasteiger partial charge < -0.3 is 20.6 Å². The minimum atomic E-state index is -4.91. The third-order valence-electron chi connectivity index (χ3n) is 8.43. The Kier molecular flexibility index (Phi) is 8.88. The molecule has 0 aromatic carbocycles. The largest absolute Gasteiger partial charge is 0.471 e. The lowest BCUT2D eigenvalue weighted by atomic mass is 9.86. The number of aromatic nitrogens is 5. The van der Waals surface area contributed by atoms with Crippen LogP contribution in [0.25, 0.3) is 11.4 Å². The zero-order chi connectivity index (χ0) is 32.5. The van der Waals surface area contributed by atoms with Crippen LogP contribution in [0.3, 0.4) is 0 Å². The average Bonchev–Trinajstić information content (AvgIpc) is 3.60. The molecular formula is C30H33F3N8O4S. The normalized spacial score (nSPS) is 21.8. The summed E-state index contributed by atoms with van der Waals surface area (Å²) in [7, 11) is -3.53. The molecule has 3 aromatic heterocycles. The van der Waals surface area contributed by atoms with Crippen LogP contribution in [-0.4, -0.2) is 85.6 Å². The number of pyridine rings is 1. The molecule has 0 bridgehead atoms. The minimum absolute atomic E-state index is 0.00393. The number of likely N-dealkylation sites (tertiary alicyclic amines) is 1. The molecule has 3 aliphatic rings. The van der Waals surface area contributed by atoms with Gasteiger partial charge in [0.15, 0.2) is 5.82 Å². The number of rotatable bonds is 8. The van der Waals surface area contributed by atoms with Gasteiger partial charge in [-0.1, -0.05) is 11.8 Å². The van der Waals surface area contributed by atoms with Crippen LogP contribution in [0.5, 0.6) is 0 Å². The van der Waals surface area contributed by atoms with E-state index in [1.807, 2.05) is 0 Å². The van der Waals surface area contributed by atoms with Crippen molar-refractivity contribution in [2.45, 2.75) is 62.4 Å². The van der Waals surface area contributed by atoms with Gasteiger partial charge in [0.2, 0.25) is 0 Å². The number of hydrogen-bond donors (Lipinski definition) is 3. The third kappa shape index (κ3) is 7.26. The van der Waals surface area contributed by atoms with E-state index in [9.17, 15) is 31.5 Å². The molecular weight excluding hydrogens is 625 g/mol. The second-order valence-corrected chi connectivity index (χ2v) is 14.0. The number of amides is 1. The van der Waals surface area contributed by atoms with Crippen molar-refractivity contribution in [3.8, 4) is 23.2 Å². The van der Waals surface area contributed by atoms with Gasteiger partial charge in [-0.25, -0.2) is 23.4 Å². The van der Waals surface area contributed by atoms with Gasteiger partial charge in [-0.15, -0.1) is 0 Å². The Bertz CT molecular complexity index is 1760. The molecule has 1 unspecified atom stereocenters. The van der Waals surface area contributed by atoms with Crippen LogP contribution < -0.4 is 10.6 Å². The Morgan fingerprint density at radius 2 is 1.85 bits per heavy atom. The Morgan fingerprint density at radius 3 is 2.57 bits per heavy atom. The van der Waals surface area contributed by atoms with Gasteiger partial charge >= 0.3 is 12.1 Å². The molecule has 16 heteroatoms. The molecule has 46 heavy (non-hydrogen) atoms. The van der Waals surface area contributed by atoms with Gasteiger partial charge in [0.1, 0.15) is 11.6 Å². The average molecular weight is 659 g/mol. The van der Waals surface area contributed by atoms with E-state index in [1.165, 1.54) is 18.6 Å². The van der Waals surface area contributed by atoms with Crippen molar-refractivity contribution in [3.05, 3.63) is 42.5 Å². The highest BCUT2D eigenvalue weighted by Gasteiger charge is 2.44. The molecule has 0 spiro atoms. The fraction of sp³-hybridized carbons (Fsp3) is 0.500. The predicted molar refractivity (Wildman–Crippen MR) is 162 cm³/mol. The van der Waals surface area contributed by atoms with Crippen LogP contribution in [-0.2, 0) is 14.8 Å². The van der Waals surface area contributed by atoms with E-state index in [4.69, 9.17) is 0 Å². The Balaban J connectivity index is 1.20. The Hall–Kier alpha value is -4.23. The summed E-state index contributed by atoms with van der Waals surface area (Å²) < 4.78 is 64.7. The third-order valence-corrected chi connectivity index (χ3v) is 10.5. The number of aliphatic hydroxyl groups excluding tert-OH is 1. The van der Waals surface area contributed by atoms with E-state index in [0.717, 1.165) is 34.7 Å². The summed E-state index contributed by atoms with van der Waals surface area (Å²) in [6.07, 6.45) is 6.01. The zero-order valence-electron chi connectivity index (χ0n) is 24.7. The van der Waals surface area contributed by atoms with E-state index in [0.29, 0.717) is 47.7 Å². The number of halogens is 3. The van der Waals surface area contributed by atoms with Crippen molar-refractivity contribution >= 4 is 33.3 Å². The summed E-state index contributed by atoms with van der Waals surface area (Å²) in [6, 6.07) is 3.54. The maximum atomic E-state index is 12.9.